The Hall–Kier alpha value is -3.92. The Morgan fingerprint density at radius 1 is 1.31 bits per heavy atom. The maximum absolute atomic E-state index is 12.2. The zero-order valence-corrected chi connectivity index (χ0v) is 20.8. The molecule has 2 heterocycles. The topological polar surface area (TPSA) is 121 Å². The molecule has 3 rings (SSSR count). The Morgan fingerprint density at radius 3 is 2.66 bits per heavy atom. The minimum Gasteiger partial charge on any atom is -0.494 e. The second-order valence-electron chi connectivity index (χ2n) is 8.34. The molecule has 0 spiro atoms. The van der Waals surface area contributed by atoms with Crippen molar-refractivity contribution in [2.45, 2.75) is 18.9 Å². The molecule has 1 fully saturated rings. The van der Waals surface area contributed by atoms with Gasteiger partial charge in [0.15, 0.2) is 0 Å². The number of amides is 1. The summed E-state index contributed by atoms with van der Waals surface area (Å²) in [5, 5.41) is 6.14. The first kappa shape index (κ1) is 25.7. The van der Waals surface area contributed by atoms with E-state index < -0.39 is 0 Å². The first-order chi connectivity index (χ1) is 16.9. The fraction of sp³-hybridized carbons (Fsp3) is 0.360. The van der Waals surface area contributed by atoms with Crippen LogP contribution in [0.15, 0.2) is 48.2 Å². The number of nitrogens with one attached hydrogen (secondary N) is 2. The second kappa shape index (κ2) is 12.0. The third-order valence-electron chi connectivity index (χ3n) is 5.94. The first-order valence-corrected chi connectivity index (χ1v) is 11.4. The van der Waals surface area contributed by atoms with Crippen molar-refractivity contribution in [1.82, 2.24) is 14.9 Å². The molecule has 1 aromatic heterocycles. The van der Waals surface area contributed by atoms with Gasteiger partial charge >= 0.3 is 0 Å². The fourth-order valence-electron chi connectivity index (χ4n) is 4.04. The van der Waals surface area contributed by atoms with E-state index in [0.717, 1.165) is 31.6 Å². The minimum atomic E-state index is -0.291. The normalized spacial score (nSPS) is 14.9. The van der Waals surface area contributed by atoms with Gasteiger partial charge in [-0.1, -0.05) is 6.58 Å². The van der Waals surface area contributed by atoms with Crippen LogP contribution in [0.5, 0.6) is 5.75 Å². The number of aromatic nitrogens is 2. The van der Waals surface area contributed by atoms with Gasteiger partial charge in [0.05, 0.1) is 29.9 Å². The Bertz CT molecular complexity index is 1100. The molecule has 0 unspecified atom stereocenters. The van der Waals surface area contributed by atoms with Crippen molar-refractivity contribution in [1.29, 1.82) is 0 Å². The summed E-state index contributed by atoms with van der Waals surface area (Å²) in [5.74, 6) is 0.663. The van der Waals surface area contributed by atoms with E-state index in [4.69, 9.17) is 10.5 Å². The summed E-state index contributed by atoms with van der Waals surface area (Å²) >= 11 is 0. The molecule has 0 bridgehead atoms. The summed E-state index contributed by atoms with van der Waals surface area (Å²) in [7, 11) is 7.49. The number of allylic oxidation sites excluding steroid dienone is 1. The lowest BCUT2D eigenvalue weighted by Gasteiger charge is -2.37. The SMILES string of the molecule is C=CC(=O)Nc1cc(Nc2nccc(C(C=NC)=CN)n2)c(OC)cc1N1CCC(N(C)C)CC1. The van der Waals surface area contributed by atoms with Gasteiger partial charge < -0.3 is 30.9 Å². The molecular formula is C25H34N8O2. The number of benzene rings is 1. The van der Waals surface area contributed by atoms with Crippen molar-refractivity contribution in [2.24, 2.45) is 10.7 Å². The maximum Gasteiger partial charge on any atom is 0.247 e. The van der Waals surface area contributed by atoms with Gasteiger partial charge in [-0.15, -0.1) is 0 Å². The number of piperidine rings is 1. The number of aliphatic imine (C=N–C) groups is 1. The molecule has 10 heteroatoms. The lowest BCUT2D eigenvalue weighted by molar-refractivity contribution is -0.111. The molecule has 1 aliphatic rings. The Kier molecular flexibility index (Phi) is 8.80. The van der Waals surface area contributed by atoms with Crippen LogP contribution in [0.4, 0.5) is 23.0 Å². The lowest BCUT2D eigenvalue weighted by atomic mass is 10.0. The van der Waals surface area contributed by atoms with Crippen LogP contribution in [-0.2, 0) is 4.79 Å². The number of nitrogens with two attached hydrogens (primary N) is 1. The molecular weight excluding hydrogens is 444 g/mol. The van der Waals surface area contributed by atoms with Gasteiger partial charge in [0.1, 0.15) is 5.75 Å². The highest BCUT2D eigenvalue weighted by atomic mass is 16.5. The van der Waals surface area contributed by atoms with Gasteiger partial charge in [0.2, 0.25) is 11.9 Å². The standard InChI is InChI=1S/C25H34N8O2/c1-6-24(34)29-20-13-21(31-25-28-10-7-19(30-25)17(15-26)16-27-2)23(35-5)14-22(20)33-11-8-18(9-12-33)32(3)4/h6-7,10,13-16,18H,1,8-9,11-12,26H2,2-5H3,(H,29,34)(H,28,30,31). The minimum absolute atomic E-state index is 0.291. The zero-order valence-electron chi connectivity index (χ0n) is 20.8. The predicted octanol–water partition coefficient (Wildman–Crippen LogP) is 2.88. The molecule has 0 atom stereocenters. The number of methoxy groups -OCH3 is 1. The maximum atomic E-state index is 12.2. The van der Waals surface area contributed by atoms with Crippen molar-refractivity contribution in [3.8, 4) is 5.75 Å². The van der Waals surface area contributed by atoms with Gasteiger partial charge in [-0.2, -0.15) is 0 Å². The van der Waals surface area contributed by atoms with E-state index in [-0.39, 0.29) is 5.91 Å². The van der Waals surface area contributed by atoms with E-state index in [9.17, 15) is 4.79 Å². The van der Waals surface area contributed by atoms with Crippen molar-refractivity contribution >= 4 is 40.7 Å². The molecule has 1 aliphatic heterocycles. The number of hydrogen-bond donors (Lipinski definition) is 3. The van der Waals surface area contributed by atoms with Crippen LogP contribution in [0.1, 0.15) is 18.5 Å². The summed E-state index contributed by atoms with van der Waals surface area (Å²) in [6, 6.07) is 6.04. The third kappa shape index (κ3) is 6.36. The van der Waals surface area contributed by atoms with Gasteiger partial charge in [-0.25, -0.2) is 9.97 Å². The van der Waals surface area contributed by atoms with Gasteiger partial charge in [-0.3, -0.25) is 9.79 Å². The second-order valence-corrected chi connectivity index (χ2v) is 8.34. The first-order valence-electron chi connectivity index (χ1n) is 11.4. The highest BCUT2D eigenvalue weighted by Crippen LogP contribution is 2.39. The smallest absolute Gasteiger partial charge is 0.247 e. The molecule has 0 radical (unpaired) electrons. The Labute approximate surface area is 206 Å². The van der Waals surface area contributed by atoms with Gasteiger partial charge in [0, 0.05) is 56.4 Å². The number of carbonyl (C=O) groups excluding carboxylic acids is 1. The number of anilines is 4. The van der Waals surface area contributed by atoms with E-state index in [1.165, 1.54) is 12.3 Å². The fourth-order valence-corrected chi connectivity index (χ4v) is 4.04. The Morgan fingerprint density at radius 2 is 2.06 bits per heavy atom. The van der Waals surface area contributed by atoms with Crippen LogP contribution < -0.4 is 26.0 Å². The quantitative estimate of drug-likeness (QED) is 0.372. The molecule has 4 N–H and O–H groups in total. The van der Waals surface area contributed by atoms with Crippen LogP contribution in [-0.4, -0.2) is 74.4 Å². The number of carbonyl (C=O) groups is 1. The van der Waals surface area contributed by atoms with Crippen LogP contribution in [0.2, 0.25) is 0 Å². The zero-order chi connectivity index (χ0) is 25.4. The largest absolute Gasteiger partial charge is 0.494 e. The summed E-state index contributed by atoms with van der Waals surface area (Å²) in [4.78, 5) is 29.6. The molecule has 186 valence electrons. The lowest BCUT2D eigenvalue weighted by Crippen LogP contribution is -2.42. The van der Waals surface area contributed by atoms with E-state index >= 15 is 0 Å². The molecule has 2 aromatic rings. The average molecular weight is 479 g/mol. The van der Waals surface area contributed by atoms with Crippen LogP contribution >= 0.6 is 0 Å². The van der Waals surface area contributed by atoms with Crippen molar-refractivity contribution in [3.05, 3.63) is 48.9 Å². The predicted molar refractivity (Wildman–Crippen MR) is 143 cm³/mol. The molecule has 35 heavy (non-hydrogen) atoms. The molecule has 10 nitrogen and oxygen atoms in total. The van der Waals surface area contributed by atoms with Gasteiger partial charge in [-0.05, 0) is 45.1 Å². The summed E-state index contributed by atoms with van der Waals surface area (Å²) in [5.41, 5.74) is 9.16. The number of rotatable bonds is 9. The molecule has 1 saturated heterocycles. The Balaban J connectivity index is 1.96. The summed E-state index contributed by atoms with van der Waals surface area (Å²) in [6.45, 7) is 5.32. The highest BCUT2D eigenvalue weighted by Gasteiger charge is 2.24. The third-order valence-corrected chi connectivity index (χ3v) is 5.94. The van der Waals surface area contributed by atoms with Crippen LogP contribution in [0.25, 0.3) is 5.57 Å². The van der Waals surface area contributed by atoms with Gasteiger partial charge in [0.25, 0.3) is 0 Å². The summed E-state index contributed by atoms with van der Waals surface area (Å²) in [6.07, 6.45) is 8.02. The van der Waals surface area contributed by atoms with Crippen molar-refractivity contribution < 1.29 is 9.53 Å². The monoisotopic (exact) mass is 478 g/mol. The molecule has 0 saturated carbocycles. The van der Waals surface area contributed by atoms with Crippen LogP contribution in [0.3, 0.4) is 0 Å². The summed E-state index contributed by atoms with van der Waals surface area (Å²) < 4.78 is 5.69. The van der Waals surface area contributed by atoms with Crippen molar-refractivity contribution in [2.75, 3.05) is 56.9 Å². The number of ether oxygens (including phenoxy) is 1. The number of nitrogens with zero attached hydrogens (tertiary/aromatic N) is 5. The highest BCUT2D eigenvalue weighted by molar-refractivity contribution is 6.08. The molecule has 1 aromatic carbocycles. The van der Waals surface area contributed by atoms with E-state index in [2.05, 4.69) is 56.1 Å². The van der Waals surface area contributed by atoms with E-state index in [1.54, 1.807) is 32.6 Å². The van der Waals surface area contributed by atoms with E-state index in [1.807, 2.05) is 12.1 Å². The number of hydrogen-bond acceptors (Lipinski definition) is 9. The van der Waals surface area contributed by atoms with Crippen LogP contribution in [0, 0.1) is 0 Å². The van der Waals surface area contributed by atoms with Crippen molar-refractivity contribution in [3.63, 3.8) is 0 Å². The van der Waals surface area contributed by atoms with E-state index in [0.29, 0.717) is 40.4 Å². The molecule has 1 amide bonds. The molecule has 0 aliphatic carbocycles. The average Bonchev–Trinajstić information content (AvgIpc) is 2.87.